The smallest absolute Gasteiger partial charge is 0.246 e. The molecule has 2 rings (SSSR count). The van der Waals surface area contributed by atoms with Crippen LogP contribution in [-0.4, -0.2) is 33.6 Å². The lowest BCUT2D eigenvalue weighted by molar-refractivity contribution is -0.126. The van der Waals surface area contributed by atoms with E-state index in [1.807, 2.05) is 4.90 Å². The maximum absolute atomic E-state index is 11.9. The van der Waals surface area contributed by atoms with E-state index >= 15 is 0 Å². The number of allylic oxidation sites excluding steroid dienone is 2. The molecule has 1 aliphatic rings. The molecule has 0 aromatic heterocycles. The number of carbonyl (C=O) groups excluding carboxylic acids is 1. The summed E-state index contributed by atoms with van der Waals surface area (Å²) in [7, 11) is 0. The molecule has 4 heteroatoms. The van der Waals surface area contributed by atoms with Crippen LogP contribution in [0, 0.1) is 0 Å². The standard InChI is InChI=1S/C16H19NO3/c1-12-5-4-10-17(12)16(20)7-3-2-6-13-8-9-14(18)15(19)11-13/h2-3,6-9,11-12,18-19H,4-5,10H2,1H3/b6-2+,7-3+/t12-/m1/s1. The van der Waals surface area contributed by atoms with E-state index in [1.54, 1.807) is 30.4 Å². The number of hydrogen-bond donors (Lipinski definition) is 2. The van der Waals surface area contributed by atoms with Gasteiger partial charge in [0.05, 0.1) is 0 Å². The van der Waals surface area contributed by atoms with Crippen LogP contribution in [0.1, 0.15) is 25.3 Å². The molecule has 0 spiro atoms. The highest BCUT2D eigenvalue weighted by molar-refractivity contribution is 5.88. The largest absolute Gasteiger partial charge is 0.504 e. The highest BCUT2D eigenvalue weighted by atomic mass is 16.3. The number of phenols is 2. The first-order valence-corrected chi connectivity index (χ1v) is 6.75. The van der Waals surface area contributed by atoms with Gasteiger partial charge in [0.15, 0.2) is 11.5 Å². The summed E-state index contributed by atoms with van der Waals surface area (Å²) in [6.07, 6.45) is 8.89. The van der Waals surface area contributed by atoms with Crippen LogP contribution >= 0.6 is 0 Å². The summed E-state index contributed by atoms with van der Waals surface area (Å²) in [6, 6.07) is 4.90. The van der Waals surface area contributed by atoms with E-state index in [-0.39, 0.29) is 17.4 Å². The van der Waals surface area contributed by atoms with E-state index < -0.39 is 0 Å². The van der Waals surface area contributed by atoms with Gasteiger partial charge < -0.3 is 15.1 Å². The Kier molecular flexibility index (Phi) is 4.45. The molecule has 1 aliphatic heterocycles. The van der Waals surface area contributed by atoms with E-state index in [4.69, 9.17) is 0 Å². The molecule has 4 nitrogen and oxygen atoms in total. The van der Waals surface area contributed by atoms with Crippen molar-refractivity contribution in [1.29, 1.82) is 0 Å². The van der Waals surface area contributed by atoms with Gasteiger partial charge in [-0.15, -0.1) is 0 Å². The number of likely N-dealkylation sites (tertiary alicyclic amines) is 1. The first-order valence-electron chi connectivity index (χ1n) is 6.75. The first kappa shape index (κ1) is 14.2. The van der Waals surface area contributed by atoms with Gasteiger partial charge in [0.25, 0.3) is 0 Å². The van der Waals surface area contributed by atoms with Crippen LogP contribution in [0.2, 0.25) is 0 Å². The van der Waals surface area contributed by atoms with Crippen LogP contribution in [0.15, 0.2) is 36.4 Å². The Hall–Kier alpha value is -2.23. The van der Waals surface area contributed by atoms with Crippen molar-refractivity contribution in [2.75, 3.05) is 6.54 Å². The molecule has 0 bridgehead atoms. The molecule has 1 heterocycles. The molecule has 1 saturated heterocycles. The zero-order chi connectivity index (χ0) is 14.5. The number of carbonyl (C=O) groups is 1. The predicted molar refractivity (Wildman–Crippen MR) is 78.4 cm³/mol. The molecule has 1 aromatic carbocycles. The second kappa shape index (κ2) is 6.28. The lowest BCUT2D eigenvalue weighted by Gasteiger charge is -2.19. The Bertz CT molecular complexity index is 549. The highest BCUT2D eigenvalue weighted by Crippen LogP contribution is 2.25. The van der Waals surface area contributed by atoms with Crippen molar-refractivity contribution in [2.24, 2.45) is 0 Å². The van der Waals surface area contributed by atoms with Gasteiger partial charge in [0.1, 0.15) is 0 Å². The monoisotopic (exact) mass is 273 g/mol. The lowest BCUT2D eigenvalue weighted by Crippen LogP contribution is -2.32. The van der Waals surface area contributed by atoms with Gasteiger partial charge in [-0.1, -0.05) is 24.3 Å². The number of hydrogen-bond acceptors (Lipinski definition) is 3. The van der Waals surface area contributed by atoms with Gasteiger partial charge in [-0.05, 0) is 37.5 Å². The molecule has 1 atom stereocenters. The van der Waals surface area contributed by atoms with E-state index in [0.29, 0.717) is 6.04 Å². The van der Waals surface area contributed by atoms with Crippen LogP contribution in [0.4, 0.5) is 0 Å². The average molecular weight is 273 g/mol. The van der Waals surface area contributed by atoms with Gasteiger partial charge in [-0.2, -0.15) is 0 Å². The van der Waals surface area contributed by atoms with Crippen LogP contribution in [0.25, 0.3) is 6.08 Å². The van der Waals surface area contributed by atoms with E-state index in [2.05, 4.69) is 6.92 Å². The molecule has 0 aliphatic carbocycles. The van der Waals surface area contributed by atoms with Crippen LogP contribution in [0.3, 0.4) is 0 Å². The molecule has 0 unspecified atom stereocenters. The van der Waals surface area contributed by atoms with Crippen molar-refractivity contribution in [1.82, 2.24) is 4.90 Å². The summed E-state index contributed by atoms with van der Waals surface area (Å²) in [6.45, 7) is 2.90. The Morgan fingerprint density at radius 1 is 1.30 bits per heavy atom. The highest BCUT2D eigenvalue weighted by Gasteiger charge is 2.22. The van der Waals surface area contributed by atoms with E-state index in [9.17, 15) is 15.0 Å². The third-order valence-electron chi connectivity index (χ3n) is 3.47. The number of phenolic OH excluding ortho intramolecular Hbond substituents is 2. The summed E-state index contributed by atoms with van der Waals surface area (Å²) >= 11 is 0. The quantitative estimate of drug-likeness (QED) is 0.505. The predicted octanol–water partition coefficient (Wildman–Crippen LogP) is 2.68. The molecule has 0 saturated carbocycles. The summed E-state index contributed by atoms with van der Waals surface area (Å²) in [5, 5.41) is 18.6. The number of amides is 1. The molecule has 0 radical (unpaired) electrons. The molecular formula is C16H19NO3. The minimum atomic E-state index is -0.155. The normalized spacial score (nSPS) is 19.2. The summed E-state index contributed by atoms with van der Waals surface area (Å²) in [5.41, 5.74) is 0.756. The van der Waals surface area contributed by atoms with Crippen molar-refractivity contribution in [3.8, 4) is 11.5 Å². The second-order valence-corrected chi connectivity index (χ2v) is 4.99. The van der Waals surface area contributed by atoms with Crippen LogP contribution in [-0.2, 0) is 4.79 Å². The molecule has 1 aromatic rings. The minimum Gasteiger partial charge on any atom is -0.504 e. The third-order valence-corrected chi connectivity index (χ3v) is 3.47. The van der Waals surface area contributed by atoms with Crippen molar-refractivity contribution in [2.45, 2.75) is 25.8 Å². The van der Waals surface area contributed by atoms with Crippen molar-refractivity contribution in [3.63, 3.8) is 0 Å². The van der Waals surface area contributed by atoms with Crippen LogP contribution < -0.4 is 0 Å². The fourth-order valence-corrected chi connectivity index (χ4v) is 2.31. The minimum absolute atomic E-state index is 0.0354. The number of rotatable bonds is 3. The number of benzene rings is 1. The fraction of sp³-hybridized carbons (Fsp3) is 0.312. The van der Waals surface area contributed by atoms with Gasteiger partial charge in [0, 0.05) is 18.7 Å². The molecular weight excluding hydrogens is 254 g/mol. The Morgan fingerprint density at radius 3 is 2.75 bits per heavy atom. The topological polar surface area (TPSA) is 60.8 Å². The summed E-state index contributed by atoms with van der Waals surface area (Å²) in [4.78, 5) is 13.8. The van der Waals surface area contributed by atoms with Gasteiger partial charge >= 0.3 is 0 Å². The molecule has 2 N–H and O–H groups in total. The number of aromatic hydroxyl groups is 2. The van der Waals surface area contributed by atoms with Gasteiger partial charge in [-0.3, -0.25) is 4.79 Å². The molecule has 106 valence electrons. The van der Waals surface area contributed by atoms with Crippen molar-refractivity contribution in [3.05, 3.63) is 42.0 Å². The summed E-state index contributed by atoms with van der Waals surface area (Å²) < 4.78 is 0. The molecule has 1 amide bonds. The summed E-state index contributed by atoms with van der Waals surface area (Å²) in [5.74, 6) is -0.262. The number of nitrogens with zero attached hydrogens (tertiary/aromatic N) is 1. The Labute approximate surface area is 118 Å². The van der Waals surface area contributed by atoms with Crippen molar-refractivity contribution < 1.29 is 15.0 Å². The zero-order valence-electron chi connectivity index (χ0n) is 11.5. The SMILES string of the molecule is C[C@@H]1CCCN1C(=O)/C=C/C=C/c1ccc(O)c(O)c1. The maximum atomic E-state index is 11.9. The Morgan fingerprint density at radius 2 is 2.10 bits per heavy atom. The van der Waals surface area contributed by atoms with Crippen LogP contribution in [0.5, 0.6) is 11.5 Å². The molecule has 1 fully saturated rings. The molecule has 20 heavy (non-hydrogen) atoms. The van der Waals surface area contributed by atoms with E-state index in [1.165, 1.54) is 12.1 Å². The third kappa shape index (κ3) is 3.41. The van der Waals surface area contributed by atoms with Gasteiger partial charge in [-0.25, -0.2) is 0 Å². The average Bonchev–Trinajstić information content (AvgIpc) is 2.85. The second-order valence-electron chi connectivity index (χ2n) is 4.99. The zero-order valence-corrected chi connectivity index (χ0v) is 11.5. The first-order chi connectivity index (χ1) is 9.58. The van der Waals surface area contributed by atoms with Crippen molar-refractivity contribution >= 4 is 12.0 Å². The maximum Gasteiger partial charge on any atom is 0.246 e. The Balaban J connectivity index is 1.93. The van der Waals surface area contributed by atoms with E-state index in [0.717, 1.165) is 24.9 Å². The fourth-order valence-electron chi connectivity index (χ4n) is 2.31. The lowest BCUT2D eigenvalue weighted by atomic mass is 10.2. The van der Waals surface area contributed by atoms with Gasteiger partial charge in [0.2, 0.25) is 5.91 Å².